The second-order valence-corrected chi connectivity index (χ2v) is 10.3. The van der Waals surface area contributed by atoms with Gasteiger partial charge in [0, 0.05) is 23.9 Å². The maximum atomic E-state index is 12.5. The Balaban J connectivity index is 1.75. The lowest BCUT2D eigenvalue weighted by atomic mass is 10.2. The maximum Gasteiger partial charge on any atom is 0.255 e. The van der Waals surface area contributed by atoms with Gasteiger partial charge in [0.2, 0.25) is 20.0 Å². The SMILES string of the molecule is COc1cc(NC(=O)c2ccc(N3CCCS3(=O)=O)cc2)ccc1NS(C)(=O)=O. The van der Waals surface area contributed by atoms with Gasteiger partial charge in [-0.25, -0.2) is 16.8 Å². The fourth-order valence-electron chi connectivity index (χ4n) is 2.96. The number of ether oxygens (including phenoxy) is 1. The van der Waals surface area contributed by atoms with Crippen molar-refractivity contribution in [3.8, 4) is 5.75 Å². The van der Waals surface area contributed by atoms with Crippen LogP contribution in [0.5, 0.6) is 5.75 Å². The fourth-order valence-corrected chi connectivity index (χ4v) is 5.10. The third-order valence-corrected chi connectivity index (χ3v) is 6.73. The highest BCUT2D eigenvalue weighted by atomic mass is 32.2. The Kier molecular flexibility index (Phi) is 5.71. The van der Waals surface area contributed by atoms with Gasteiger partial charge in [-0.05, 0) is 42.8 Å². The lowest BCUT2D eigenvalue weighted by molar-refractivity contribution is 0.102. The van der Waals surface area contributed by atoms with E-state index in [1.807, 2.05) is 0 Å². The molecule has 0 unspecified atom stereocenters. The molecule has 0 bridgehead atoms. The van der Waals surface area contributed by atoms with Crippen molar-refractivity contribution in [2.45, 2.75) is 6.42 Å². The lowest BCUT2D eigenvalue weighted by Crippen LogP contribution is -2.25. The van der Waals surface area contributed by atoms with Gasteiger partial charge in [-0.2, -0.15) is 0 Å². The van der Waals surface area contributed by atoms with Gasteiger partial charge in [0.15, 0.2) is 0 Å². The third-order valence-electron chi connectivity index (χ3n) is 4.27. The van der Waals surface area contributed by atoms with E-state index in [-0.39, 0.29) is 17.2 Å². The summed E-state index contributed by atoms with van der Waals surface area (Å²) in [6, 6.07) is 10.8. The molecule has 29 heavy (non-hydrogen) atoms. The molecule has 0 saturated carbocycles. The van der Waals surface area contributed by atoms with E-state index in [0.29, 0.717) is 29.9 Å². The lowest BCUT2D eigenvalue weighted by Gasteiger charge is -2.17. The number of hydrogen-bond acceptors (Lipinski definition) is 6. The van der Waals surface area contributed by atoms with Gasteiger partial charge < -0.3 is 10.1 Å². The van der Waals surface area contributed by atoms with Crippen molar-refractivity contribution >= 4 is 43.0 Å². The van der Waals surface area contributed by atoms with Crippen molar-refractivity contribution in [2.75, 3.05) is 40.0 Å². The molecule has 0 spiro atoms. The zero-order valence-corrected chi connectivity index (χ0v) is 17.5. The number of hydrogen-bond donors (Lipinski definition) is 2. The molecule has 1 amide bonds. The summed E-state index contributed by atoms with van der Waals surface area (Å²) >= 11 is 0. The van der Waals surface area contributed by atoms with Crippen LogP contribution in [0, 0.1) is 0 Å². The fraction of sp³-hybridized carbons (Fsp3) is 0.278. The monoisotopic (exact) mass is 439 g/mol. The minimum absolute atomic E-state index is 0.126. The average Bonchev–Trinajstić information content (AvgIpc) is 3.01. The number of nitrogens with zero attached hydrogens (tertiary/aromatic N) is 1. The van der Waals surface area contributed by atoms with Gasteiger partial charge in [0.05, 0.1) is 30.5 Å². The quantitative estimate of drug-likeness (QED) is 0.708. The van der Waals surface area contributed by atoms with E-state index in [1.165, 1.54) is 23.5 Å². The summed E-state index contributed by atoms with van der Waals surface area (Å²) in [6.45, 7) is 0.432. The molecule has 1 aliphatic heterocycles. The molecule has 2 aromatic rings. The number of rotatable bonds is 6. The number of carbonyl (C=O) groups excluding carboxylic acids is 1. The molecular weight excluding hydrogens is 418 g/mol. The number of anilines is 3. The Labute approximate surface area is 169 Å². The summed E-state index contributed by atoms with van der Waals surface area (Å²) in [4.78, 5) is 12.5. The van der Waals surface area contributed by atoms with Crippen LogP contribution in [-0.4, -0.2) is 48.4 Å². The molecule has 0 radical (unpaired) electrons. The first-order valence-electron chi connectivity index (χ1n) is 8.67. The van der Waals surface area contributed by atoms with Gasteiger partial charge in [0.25, 0.3) is 5.91 Å². The van der Waals surface area contributed by atoms with Crippen molar-refractivity contribution in [3.05, 3.63) is 48.0 Å². The topological polar surface area (TPSA) is 122 Å². The molecule has 1 aliphatic rings. The molecule has 3 rings (SSSR count). The van der Waals surface area contributed by atoms with Crippen LogP contribution in [0.2, 0.25) is 0 Å². The number of nitrogens with one attached hydrogen (secondary N) is 2. The highest BCUT2D eigenvalue weighted by Gasteiger charge is 2.28. The Morgan fingerprint density at radius 3 is 2.38 bits per heavy atom. The summed E-state index contributed by atoms with van der Waals surface area (Å²) in [7, 11) is -5.36. The highest BCUT2D eigenvalue weighted by molar-refractivity contribution is 7.93. The first-order chi connectivity index (χ1) is 13.6. The van der Waals surface area contributed by atoms with Crippen LogP contribution in [0.15, 0.2) is 42.5 Å². The van der Waals surface area contributed by atoms with E-state index < -0.39 is 26.0 Å². The van der Waals surface area contributed by atoms with E-state index in [1.54, 1.807) is 30.3 Å². The van der Waals surface area contributed by atoms with Gasteiger partial charge in [-0.3, -0.25) is 13.8 Å². The summed E-state index contributed by atoms with van der Waals surface area (Å²) in [5.41, 5.74) is 1.54. The molecule has 2 aromatic carbocycles. The van der Waals surface area contributed by atoms with Crippen LogP contribution in [0.4, 0.5) is 17.1 Å². The van der Waals surface area contributed by atoms with Crippen LogP contribution in [0.1, 0.15) is 16.8 Å². The molecule has 1 fully saturated rings. The van der Waals surface area contributed by atoms with Crippen molar-refractivity contribution in [1.82, 2.24) is 0 Å². The zero-order chi connectivity index (χ0) is 21.2. The second kappa shape index (κ2) is 7.91. The average molecular weight is 440 g/mol. The predicted octanol–water partition coefficient (Wildman–Crippen LogP) is 1.86. The molecule has 1 saturated heterocycles. The van der Waals surface area contributed by atoms with E-state index in [2.05, 4.69) is 10.0 Å². The van der Waals surface area contributed by atoms with E-state index in [9.17, 15) is 21.6 Å². The first-order valence-corrected chi connectivity index (χ1v) is 12.2. The van der Waals surface area contributed by atoms with E-state index >= 15 is 0 Å². The molecule has 0 atom stereocenters. The smallest absolute Gasteiger partial charge is 0.255 e. The number of methoxy groups -OCH3 is 1. The van der Waals surface area contributed by atoms with Gasteiger partial charge in [-0.15, -0.1) is 0 Å². The normalized spacial score (nSPS) is 15.7. The van der Waals surface area contributed by atoms with E-state index in [0.717, 1.165) is 6.26 Å². The van der Waals surface area contributed by atoms with Crippen molar-refractivity contribution in [1.29, 1.82) is 0 Å². The first kappa shape index (κ1) is 20.9. The van der Waals surface area contributed by atoms with Crippen molar-refractivity contribution in [2.24, 2.45) is 0 Å². The Morgan fingerprint density at radius 2 is 1.83 bits per heavy atom. The minimum Gasteiger partial charge on any atom is -0.494 e. The third kappa shape index (κ3) is 4.98. The molecule has 2 N–H and O–H groups in total. The summed E-state index contributed by atoms with van der Waals surface area (Å²) in [5, 5.41) is 2.70. The van der Waals surface area contributed by atoms with Gasteiger partial charge in [0.1, 0.15) is 5.75 Å². The van der Waals surface area contributed by atoms with Gasteiger partial charge in [-0.1, -0.05) is 0 Å². The van der Waals surface area contributed by atoms with Crippen LogP contribution in [0.25, 0.3) is 0 Å². The highest BCUT2D eigenvalue weighted by Crippen LogP contribution is 2.29. The number of benzene rings is 2. The molecule has 0 aliphatic carbocycles. The van der Waals surface area contributed by atoms with Crippen molar-refractivity contribution < 1.29 is 26.4 Å². The summed E-state index contributed by atoms with van der Waals surface area (Å²) in [5.74, 6) is -0.0177. The molecule has 9 nitrogen and oxygen atoms in total. The Morgan fingerprint density at radius 1 is 1.14 bits per heavy atom. The van der Waals surface area contributed by atoms with Gasteiger partial charge >= 0.3 is 0 Å². The minimum atomic E-state index is -3.47. The number of amides is 1. The number of carbonyl (C=O) groups is 1. The summed E-state index contributed by atoms with van der Waals surface area (Å²) in [6.07, 6.45) is 1.61. The second-order valence-electron chi connectivity index (χ2n) is 6.53. The van der Waals surface area contributed by atoms with Crippen molar-refractivity contribution in [3.63, 3.8) is 0 Å². The largest absolute Gasteiger partial charge is 0.494 e. The molecule has 0 aromatic heterocycles. The zero-order valence-electron chi connectivity index (χ0n) is 15.9. The number of sulfonamides is 2. The Hall–Kier alpha value is -2.79. The maximum absolute atomic E-state index is 12.5. The summed E-state index contributed by atoms with van der Waals surface area (Å²) < 4.78 is 55.6. The Bertz CT molecular complexity index is 1130. The van der Waals surface area contributed by atoms with Crippen LogP contribution in [-0.2, 0) is 20.0 Å². The van der Waals surface area contributed by atoms with Crippen LogP contribution >= 0.6 is 0 Å². The predicted molar refractivity (Wildman–Crippen MR) is 112 cm³/mol. The van der Waals surface area contributed by atoms with E-state index in [4.69, 9.17) is 4.74 Å². The molecular formula is C18H21N3O6S2. The molecule has 1 heterocycles. The molecule has 156 valence electrons. The van der Waals surface area contributed by atoms with Crippen LogP contribution < -0.4 is 19.1 Å². The molecule has 11 heteroatoms. The standard InChI is InChI=1S/C18H21N3O6S2/c1-27-17-12-14(6-9-16(17)20-28(2,23)24)19-18(22)13-4-7-15(8-5-13)21-10-3-11-29(21,25)26/h4-9,12,20H,3,10-11H2,1-2H3,(H,19,22). The van der Waals surface area contributed by atoms with Crippen LogP contribution in [0.3, 0.4) is 0 Å².